The van der Waals surface area contributed by atoms with Crippen LogP contribution in [0.1, 0.15) is 30.5 Å². The molecule has 1 aromatic rings. The van der Waals surface area contributed by atoms with E-state index in [1.165, 1.54) is 0 Å². The van der Waals surface area contributed by atoms with E-state index in [9.17, 15) is 4.79 Å². The first-order valence-corrected chi connectivity index (χ1v) is 6.45. The molecule has 2 unspecified atom stereocenters. The molecule has 2 atom stereocenters. The van der Waals surface area contributed by atoms with Gasteiger partial charge >= 0.3 is 5.97 Å². The van der Waals surface area contributed by atoms with Crippen LogP contribution in [0.3, 0.4) is 0 Å². The quantitative estimate of drug-likeness (QED) is 0.865. The average molecular weight is 259 g/mol. The molecule has 100 valence electrons. The summed E-state index contributed by atoms with van der Waals surface area (Å²) in [4.78, 5) is 15.4. The molecule has 2 rings (SSSR count). The Balaban J connectivity index is 2.01. The van der Waals surface area contributed by atoms with Gasteiger partial charge in [-0.15, -0.1) is 0 Å². The SMILES string of the molecule is Cc1cc(C#N)cc(NCC2CCCC2C(=O)O)n1. The van der Waals surface area contributed by atoms with Gasteiger partial charge in [0.05, 0.1) is 17.6 Å². The van der Waals surface area contributed by atoms with Gasteiger partial charge in [0.1, 0.15) is 5.82 Å². The lowest BCUT2D eigenvalue weighted by atomic mass is 9.96. The molecule has 0 saturated heterocycles. The summed E-state index contributed by atoms with van der Waals surface area (Å²) in [6.07, 6.45) is 2.65. The number of anilines is 1. The fraction of sp³-hybridized carbons (Fsp3) is 0.500. The molecule has 0 amide bonds. The third-order valence-electron chi connectivity index (χ3n) is 3.60. The monoisotopic (exact) mass is 259 g/mol. The predicted octanol–water partition coefficient (Wildman–Crippen LogP) is 2.17. The van der Waals surface area contributed by atoms with E-state index in [0.717, 1.165) is 25.0 Å². The summed E-state index contributed by atoms with van der Waals surface area (Å²) in [7, 11) is 0. The van der Waals surface area contributed by atoms with Crippen molar-refractivity contribution in [3.8, 4) is 6.07 Å². The fourth-order valence-electron chi connectivity index (χ4n) is 2.67. The third-order valence-corrected chi connectivity index (χ3v) is 3.60. The fourth-order valence-corrected chi connectivity index (χ4v) is 2.67. The second-order valence-corrected chi connectivity index (χ2v) is 5.01. The maximum Gasteiger partial charge on any atom is 0.306 e. The molecular formula is C14H17N3O2. The van der Waals surface area contributed by atoms with Crippen LogP contribution in [-0.2, 0) is 4.79 Å². The van der Waals surface area contributed by atoms with Gasteiger partial charge < -0.3 is 10.4 Å². The minimum atomic E-state index is -0.709. The van der Waals surface area contributed by atoms with Crippen molar-refractivity contribution >= 4 is 11.8 Å². The number of carbonyl (C=O) groups is 1. The lowest BCUT2D eigenvalue weighted by molar-refractivity contribution is -0.142. The molecule has 1 aliphatic rings. The van der Waals surface area contributed by atoms with Crippen LogP contribution >= 0.6 is 0 Å². The number of rotatable bonds is 4. The number of carboxylic acid groups (broad SMARTS) is 1. The first kappa shape index (κ1) is 13.3. The highest BCUT2D eigenvalue weighted by atomic mass is 16.4. The Kier molecular flexibility index (Phi) is 4.00. The Labute approximate surface area is 112 Å². The normalized spacial score (nSPS) is 21.9. The van der Waals surface area contributed by atoms with Crippen molar-refractivity contribution in [2.75, 3.05) is 11.9 Å². The summed E-state index contributed by atoms with van der Waals surface area (Å²) >= 11 is 0. The predicted molar refractivity (Wildman–Crippen MR) is 70.6 cm³/mol. The number of aromatic nitrogens is 1. The molecule has 2 N–H and O–H groups in total. The van der Waals surface area contributed by atoms with Crippen molar-refractivity contribution in [1.82, 2.24) is 4.98 Å². The van der Waals surface area contributed by atoms with Crippen molar-refractivity contribution in [1.29, 1.82) is 5.26 Å². The van der Waals surface area contributed by atoms with E-state index < -0.39 is 5.97 Å². The van der Waals surface area contributed by atoms with Crippen LogP contribution in [0.25, 0.3) is 0 Å². The van der Waals surface area contributed by atoms with Crippen LogP contribution in [0.5, 0.6) is 0 Å². The largest absolute Gasteiger partial charge is 0.481 e. The number of aliphatic carboxylic acids is 1. The molecule has 0 aliphatic heterocycles. The molecule has 5 heteroatoms. The van der Waals surface area contributed by atoms with Crippen molar-refractivity contribution in [3.05, 3.63) is 23.4 Å². The van der Waals surface area contributed by atoms with Crippen LogP contribution in [0.15, 0.2) is 12.1 Å². The van der Waals surface area contributed by atoms with Crippen LogP contribution < -0.4 is 5.32 Å². The first-order valence-electron chi connectivity index (χ1n) is 6.45. The molecule has 1 aromatic heterocycles. The van der Waals surface area contributed by atoms with Crippen LogP contribution in [0.4, 0.5) is 5.82 Å². The summed E-state index contributed by atoms with van der Waals surface area (Å²) < 4.78 is 0. The molecule has 19 heavy (non-hydrogen) atoms. The number of aryl methyl sites for hydroxylation is 1. The maximum atomic E-state index is 11.1. The standard InChI is InChI=1S/C14H17N3O2/c1-9-5-10(7-15)6-13(17-9)16-8-11-3-2-4-12(11)14(18)19/h5-6,11-12H,2-4,8H2,1H3,(H,16,17)(H,18,19). The van der Waals surface area contributed by atoms with Gasteiger partial charge in [-0.2, -0.15) is 5.26 Å². The highest BCUT2D eigenvalue weighted by Crippen LogP contribution is 2.32. The number of hydrogen-bond acceptors (Lipinski definition) is 4. The Morgan fingerprint density at radius 1 is 1.58 bits per heavy atom. The minimum Gasteiger partial charge on any atom is -0.481 e. The van der Waals surface area contributed by atoms with Gasteiger partial charge in [0.15, 0.2) is 0 Å². The molecule has 1 aliphatic carbocycles. The molecule has 0 spiro atoms. The van der Waals surface area contributed by atoms with Gasteiger partial charge in [0.2, 0.25) is 0 Å². The van der Waals surface area contributed by atoms with E-state index in [-0.39, 0.29) is 11.8 Å². The zero-order valence-electron chi connectivity index (χ0n) is 10.9. The number of carboxylic acids is 1. The molecule has 0 radical (unpaired) electrons. The lowest BCUT2D eigenvalue weighted by Gasteiger charge is -2.16. The molecule has 1 saturated carbocycles. The number of nitriles is 1. The van der Waals surface area contributed by atoms with E-state index in [1.54, 1.807) is 12.1 Å². The second-order valence-electron chi connectivity index (χ2n) is 5.01. The van der Waals surface area contributed by atoms with E-state index in [2.05, 4.69) is 16.4 Å². The average Bonchev–Trinajstić information content (AvgIpc) is 2.84. The Morgan fingerprint density at radius 2 is 2.37 bits per heavy atom. The highest BCUT2D eigenvalue weighted by molar-refractivity contribution is 5.70. The summed E-state index contributed by atoms with van der Waals surface area (Å²) in [5, 5.41) is 21.2. The summed E-state index contributed by atoms with van der Waals surface area (Å²) in [6.45, 7) is 2.43. The molecule has 5 nitrogen and oxygen atoms in total. The van der Waals surface area contributed by atoms with Gasteiger partial charge in [-0.1, -0.05) is 6.42 Å². The van der Waals surface area contributed by atoms with E-state index in [4.69, 9.17) is 10.4 Å². The number of hydrogen-bond donors (Lipinski definition) is 2. The van der Waals surface area contributed by atoms with Gasteiger partial charge in [0, 0.05) is 12.2 Å². The molecule has 1 fully saturated rings. The van der Waals surface area contributed by atoms with Gasteiger partial charge in [-0.3, -0.25) is 4.79 Å². The Morgan fingerprint density at radius 3 is 3.05 bits per heavy atom. The smallest absolute Gasteiger partial charge is 0.306 e. The first-order chi connectivity index (χ1) is 9.10. The number of nitrogens with one attached hydrogen (secondary N) is 1. The zero-order valence-corrected chi connectivity index (χ0v) is 10.9. The van der Waals surface area contributed by atoms with Gasteiger partial charge in [0.25, 0.3) is 0 Å². The Hall–Kier alpha value is -2.09. The lowest BCUT2D eigenvalue weighted by Crippen LogP contribution is -2.24. The van der Waals surface area contributed by atoms with E-state index >= 15 is 0 Å². The zero-order chi connectivity index (χ0) is 13.8. The summed E-state index contributed by atoms with van der Waals surface area (Å²) in [5.41, 5.74) is 1.35. The molecule has 1 heterocycles. The van der Waals surface area contributed by atoms with E-state index in [0.29, 0.717) is 17.9 Å². The van der Waals surface area contributed by atoms with E-state index in [1.807, 2.05) is 6.92 Å². The van der Waals surface area contributed by atoms with Crippen molar-refractivity contribution in [2.24, 2.45) is 11.8 Å². The second kappa shape index (κ2) is 5.70. The van der Waals surface area contributed by atoms with Gasteiger partial charge in [-0.25, -0.2) is 4.98 Å². The van der Waals surface area contributed by atoms with Crippen molar-refractivity contribution in [3.63, 3.8) is 0 Å². The summed E-state index contributed by atoms with van der Waals surface area (Å²) in [6, 6.07) is 5.50. The van der Waals surface area contributed by atoms with Gasteiger partial charge in [-0.05, 0) is 37.8 Å². The number of nitrogens with zero attached hydrogens (tertiary/aromatic N) is 2. The third kappa shape index (κ3) is 3.22. The van der Waals surface area contributed by atoms with Crippen molar-refractivity contribution in [2.45, 2.75) is 26.2 Å². The van der Waals surface area contributed by atoms with Crippen LogP contribution in [0.2, 0.25) is 0 Å². The highest BCUT2D eigenvalue weighted by Gasteiger charge is 2.32. The minimum absolute atomic E-state index is 0.144. The number of pyridine rings is 1. The molecule has 0 bridgehead atoms. The van der Waals surface area contributed by atoms with Crippen LogP contribution in [-0.4, -0.2) is 22.6 Å². The molecular weight excluding hydrogens is 242 g/mol. The topological polar surface area (TPSA) is 86.0 Å². The summed E-state index contributed by atoms with van der Waals surface area (Å²) in [5.74, 6) is -0.176. The van der Waals surface area contributed by atoms with Crippen molar-refractivity contribution < 1.29 is 9.90 Å². The van der Waals surface area contributed by atoms with Crippen LogP contribution in [0, 0.1) is 30.1 Å². The maximum absolute atomic E-state index is 11.1. The Bertz CT molecular complexity index is 522. The molecule has 0 aromatic carbocycles.